The Labute approximate surface area is 148 Å². The molecule has 1 aromatic rings. The lowest BCUT2D eigenvalue weighted by Crippen LogP contribution is -2.27. The van der Waals surface area contributed by atoms with Gasteiger partial charge >= 0.3 is 23.9 Å². The van der Waals surface area contributed by atoms with E-state index in [-0.39, 0.29) is 22.0 Å². The topological polar surface area (TPSA) is 182 Å². The second kappa shape index (κ2) is 5.95. The molecular formula is C17H9NO9. The molecule has 0 saturated carbocycles. The Bertz CT molecular complexity index is 1210. The highest BCUT2D eigenvalue weighted by molar-refractivity contribution is 6.14. The van der Waals surface area contributed by atoms with Crippen molar-refractivity contribution in [2.24, 2.45) is 0 Å². The zero-order valence-electron chi connectivity index (χ0n) is 13.1. The van der Waals surface area contributed by atoms with Crippen LogP contribution in [-0.2, 0) is 0 Å². The number of aromatic nitrogens is 1. The van der Waals surface area contributed by atoms with Gasteiger partial charge in [0, 0.05) is 5.56 Å². The van der Waals surface area contributed by atoms with E-state index in [4.69, 9.17) is 0 Å². The number of H-pyrrole nitrogens is 1. The predicted octanol–water partition coefficient (Wildman–Crippen LogP) is 1.43. The van der Waals surface area contributed by atoms with Crippen molar-refractivity contribution in [3.8, 4) is 11.3 Å². The molecule has 3 rings (SSSR count). The van der Waals surface area contributed by atoms with Gasteiger partial charge < -0.3 is 25.4 Å². The molecule has 0 amide bonds. The third-order valence-electron chi connectivity index (χ3n) is 4.01. The van der Waals surface area contributed by atoms with Crippen molar-refractivity contribution in [1.29, 1.82) is 0 Å². The molecule has 0 saturated heterocycles. The minimum Gasteiger partial charge on any atom is -0.478 e. The number of hydrogen-bond donors (Lipinski definition) is 5. The maximum Gasteiger partial charge on any atom is 0.340 e. The highest BCUT2D eigenvalue weighted by Crippen LogP contribution is 2.31. The first kappa shape index (κ1) is 17.6. The number of hydrogen-bond acceptors (Lipinski definition) is 5. The van der Waals surface area contributed by atoms with Gasteiger partial charge in [-0.3, -0.25) is 4.79 Å². The van der Waals surface area contributed by atoms with Crippen molar-refractivity contribution in [3.63, 3.8) is 0 Å². The molecule has 0 aromatic heterocycles. The average Bonchev–Trinajstić information content (AvgIpc) is 2.58. The summed E-state index contributed by atoms with van der Waals surface area (Å²) >= 11 is 0. The molecule has 1 aromatic carbocycles. The van der Waals surface area contributed by atoms with E-state index in [0.717, 1.165) is 6.07 Å². The number of rotatable bonds is 4. The quantitative estimate of drug-likeness (QED) is 0.423. The third kappa shape index (κ3) is 2.56. The Balaban J connectivity index is 2.68. The van der Waals surface area contributed by atoms with Gasteiger partial charge in [0.05, 0.1) is 27.9 Å². The maximum absolute atomic E-state index is 12.6. The first-order valence-electron chi connectivity index (χ1n) is 7.24. The fraction of sp³-hybridized carbons (Fsp3) is 0. The van der Waals surface area contributed by atoms with Crippen molar-refractivity contribution < 1.29 is 39.6 Å². The molecule has 10 nitrogen and oxygen atoms in total. The molecule has 136 valence electrons. The molecule has 0 bridgehead atoms. The monoisotopic (exact) mass is 371 g/mol. The van der Waals surface area contributed by atoms with Gasteiger partial charge in [-0.2, -0.15) is 0 Å². The second-order valence-corrected chi connectivity index (χ2v) is 5.50. The van der Waals surface area contributed by atoms with E-state index in [9.17, 15) is 44.4 Å². The third-order valence-corrected chi connectivity index (χ3v) is 4.01. The fourth-order valence-corrected chi connectivity index (χ4v) is 2.93. The van der Waals surface area contributed by atoms with Gasteiger partial charge in [0.15, 0.2) is 0 Å². The number of benzene rings is 2. The number of pyridine rings is 1. The zero-order valence-corrected chi connectivity index (χ0v) is 13.1. The van der Waals surface area contributed by atoms with Gasteiger partial charge in [-0.25, -0.2) is 19.2 Å². The van der Waals surface area contributed by atoms with Crippen LogP contribution in [0.4, 0.5) is 0 Å². The molecule has 5 N–H and O–H groups in total. The number of aromatic carboxylic acids is 4. The predicted molar refractivity (Wildman–Crippen MR) is 89.0 cm³/mol. The first-order chi connectivity index (χ1) is 12.6. The number of carbonyl (C=O) groups is 4. The van der Waals surface area contributed by atoms with E-state index < -0.39 is 51.7 Å². The number of aromatic amines is 1. The van der Waals surface area contributed by atoms with Crippen molar-refractivity contribution in [2.75, 3.05) is 0 Å². The van der Waals surface area contributed by atoms with E-state index in [0.29, 0.717) is 0 Å². The molecule has 10 heteroatoms. The second-order valence-electron chi connectivity index (χ2n) is 5.50. The molecule has 1 aliphatic carbocycles. The van der Waals surface area contributed by atoms with Crippen LogP contribution in [0.25, 0.3) is 22.2 Å². The lowest BCUT2D eigenvalue weighted by molar-refractivity contribution is 0.0632. The Morgan fingerprint density at radius 1 is 0.778 bits per heavy atom. The van der Waals surface area contributed by atoms with Gasteiger partial charge in [-0.05, 0) is 17.5 Å². The summed E-state index contributed by atoms with van der Waals surface area (Å²) in [6, 6.07) is 5.18. The summed E-state index contributed by atoms with van der Waals surface area (Å²) in [4.78, 5) is 61.1. The minimum atomic E-state index is -1.91. The van der Waals surface area contributed by atoms with E-state index in [1.54, 1.807) is 0 Å². The van der Waals surface area contributed by atoms with Crippen molar-refractivity contribution in [2.45, 2.75) is 0 Å². The molecule has 0 spiro atoms. The van der Waals surface area contributed by atoms with Crippen LogP contribution in [0.2, 0.25) is 0 Å². The Morgan fingerprint density at radius 2 is 1.37 bits per heavy atom. The van der Waals surface area contributed by atoms with Crippen molar-refractivity contribution in [1.82, 2.24) is 4.98 Å². The average molecular weight is 371 g/mol. The number of fused-ring (bicyclic) bond motifs is 2. The standard InChI is InChI=1S/C17H9NO9/c19-13-7-4-5-2-1-3-6(14(20)21)11(5)18-12(7)9(16(24)25)8(15(22)23)10(13)17(26)27/h1-4,18H,(H,20,21)(H,22,23)(H,24,25)(H,26,27). The molecule has 1 heterocycles. The van der Waals surface area contributed by atoms with Gasteiger partial charge in [0.2, 0.25) is 5.43 Å². The summed E-state index contributed by atoms with van der Waals surface area (Å²) < 4.78 is 0. The Hall–Kier alpha value is -4.21. The van der Waals surface area contributed by atoms with Gasteiger partial charge in [0.25, 0.3) is 0 Å². The minimum absolute atomic E-state index is 0.0428. The van der Waals surface area contributed by atoms with Crippen LogP contribution in [0.5, 0.6) is 0 Å². The van der Waals surface area contributed by atoms with E-state index in [2.05, 4.69) is 4.98 Å². The lowest BCUT2D eigenvalue weighted by Gasteiger charge is -2.16. The van der Waals surface area contributed by atoms with Gasteiger partial charge in [-0.15, -0.1) is 0 Å². The fourth-order valence-electron chi connectivity index (χ4n) is 2.93. The van der Waals surface area contributed by atoms with E-state index >= 15 is 0 Å². The highest BCUT2D eigenvalue weighted by Gasteiger charge is 2.33. The van der Waals surface area contributed by atoms with Gasteiger partial charge in [-0.1, -0.05) is 12.1 Å². The van der Waals surface area contributed by atoms with Crippen LogP contribution in [0.15, 0.2) is 29.1 Å². The first-order valence-corrected chi connectivity index (χ1v) is 7.24. The zero-order chi connectivity index (χ0) is 20.0. The molecule has 0 radical (unpaired) electrons. The maximum atomic E-state index is 12.6. The molecule has 0 atom stereocenters. The molecule has 0 fully saturated rings. The van der Waals surface area contributed by atoms with Crippen LogP contribution in [-0.4, -0.2) is 49.3 Å². The van der Waals surface area contributed by atoms with Crippen molar-refractivity contribution >= 4 is 34.8 Å². The Kier molecular flexibility index (Phi) is 3.88. The number of para-hydroxylation sites is 1. The summed E-state index contributed by atoms with van der Waals surface area (Å²) in [5.41, 5.74) is -5.65. The summed E-state index contributed by atoms with van der Waals surface area (Å²) in [7, 11) is 0. The Morgan fingerprint density at radius 3 is 1.89 bits per heavy atom. The van der Waals surface area contributed by atoms with Crippen LogP contribution < -0.4 is 5.43 Å². The smallest absolute Gasteiger partial charge is 0.340 e. The van der Waals surface area contributed by atoms with Crippen LogP contribution >= 0.6 is 0 Å². The molecule has 0 unspecified atom stereocenters. The lowest BCUT2D eigenvalue weighted by atomic mass is 9.90. The van der Waals surface area contributed by atoms with Crippen LogP contribution in [0, 0.1) is 0 Å². The van der Waals surface area contributed by atoms with Crippen LogP contribution in [0.3, 0.4) is 0 Å². The molecule has 27 heavy (non-hydrogen) atoms. The normalized spacial score (nSPS) is 10.8. The molecule has 2 aliphatic rings. The SMILES string of the molecule is O=C(O)c1c2[nH]c3c(C(=O)O)cccc3cc-2c(=O)c(C(=O)O)c1C(=O)O. The van der Waals surface area contributed by atoms with Gasteiger partial charge in [0.1, 0.15) is 5.56 Å². The summed E-state index contributed by atoms with van der Waals surface area (Å²) in [5.74, 6) is -6.93. The van der Waals surface area contributed by atoms with E-state index in [1.165, 1.54) is 18.2 Å². The largest absolute Gasteiger partial charge is 0.478 e. The summed E-state index contributed by atoms with van der Waals surface area (Å²) in [5, 5.41) is 37.5. The van der Waals surface area contributed by atoms with Crippen LogP contribution in [0.1, 0.15) is 41.4 Å². The van der Waals surface area contributed by atoms with E-state index in [1.807, 2.05) is 0 Å². The molecular weight excluding hydrogens is 362 g/mol. The number of carboxylic acid groups (broad SMARTS) is 4. The number of nitrogens with one attached hydrogen (secondary N) is 1. The number of carboxylic acids is 4. The highest BCUT2D eigenvalue weighted by atomic mass is 16.4. The molecule has 1 aliphatic heterocycles. The summed E-state index contributed by atoms with van der Waals surface area (Å²) in [6.45, 7) is 0. The van der Waals surface area contributed by atoms with Crippen molar-refractivity contribution in [3.05, 3.63) is 56.7 Å². The summed E-state index contributed by atoms with van der Waals surface area (Å²) in [6.07, 6.45) is 0.